The second-order valence-electron chi connectivity index (χ2n) is 5.01. The van der Waals surface area contributed by atoms with Crippen LogP contribution in [0.25, 0.3) is 0 Å². The van der Waals surface area contributed by atoms with Gasteiger partial charge in [-0.25, -0.2) is 9.97 Å². The molecule has 102 valence electrons. The topological polar surface area (TPSA) is 78.8 Å². The van der Waals surface area contributed by atoms with Crippen LogP contribution < -0.4 is 10.6 Å². The van der Waals surface area contributed by atoms with Crippen molar-refractivity contribution in [3.63, 3.8) is 0 Å². The van der Waals surface area contributed by atoms with Crippen LogP contribution in [0.1, 0.15) is 38.3 Å². The molecule has 5 heteroatoms. The zero-order chi connectivity index (χ0) is 13.7. The van der Waals surface area contributed by atoms with Gasteiger partial charge in [0.1, 0.15) is 11.9 Å². The number of nitrogens with zero attached hydrogens (tertiary/aromatic N) is 4. The van der Waals surface area contributed by atoms with Crippen LogP contribution in [-0.2, 0) is 0 Å². The van der Waals surface area contributed by atoms with Crippen LogP contribution >= 0.6 is 0 Å². The van der Waals surface area contributed by atoms with E-state index in [4.69, 9.17) is 11.0 Å². The standard InChI is InChI=1S/C14H21N5/c1-2-19(13-6-4-3-5-11(13)7-15)14-10-17-12(8-16)9-18-14/h9-11,13H,2-7,15H2,1H3. The Bertz CT molecular complexity index is 436. The number of nitrogens with two attached hydrogens (primary N) is 1. The highest BCUT2D eigenvalue weighted by Gasteiger charge is 2.29. The summed E-state index contributed by atoms with van der Waals surface area (Å²) in [6.45, 7) is 3.74. The third-order valence-electron chi connectivity index (χ3n) is 3.96. The average Bonchev–Trinajstić information content (AvgIpc) is 2.49. The van der Waals surface area contributed by atoms with Gasteiger partial charge in [-0.3, -0.25) is 0 Å². The highest BCUT2D eigenvalue weighted by Crippen LogP contribution is 2.30. The summed E-state index contributed by atoms with van der Waals surface area (Å²) in [6, 6.07) is 2.45. The van der Waals surface area contributed by atoms with E-state index in [1.807, 2.05) is 6.07 Å². The Balaban J connectivity index is 2.19. The molecule has 1 aliphatic rings. The smallest absolute Gasteiger partial charge is 0.158 e. The largest absolute Gasteiger partial charge is 0.352 e. The van der Waals surface area contributed by atoms with Gasteiger partial charge in [0.2, 0.25) is 0 Å². The lowest BCUT2D eigenvalue weighted by Crippen LogP contribution is -2.45. The number of hydrogen-bond acceptors (Lipinski definition) is 5. The fourth-order valence-electron chi connectivity index (χ4n) is 2.97. The fraction of sp³-hybridized carbons (Fsp3) is 0.643. The predicted octanol–water partition coefficient (Wildman–Crippen LogP) is 1.69. The van der Waals surface area contributed by atoms with Gasteiger partial charge in [-0.15, -0.1) is 0 Å². The minimum atomic E-state index is 0.360. The van der Waals surface area contributed by atoms with Crippen molar-refractivity contribution >= 4 is 5.82 Å². The van der Waals surface area contributed by atoms with Gasteiger partial charge in [0.25, 0.3) is 0 Å². The number of rotatable bonds is 4. The van der Waals surface area contributed by atoms with E-state index in [0.717, 1.165) is 25.3 Å². The monoisotopic (exact) mass is 259 g/mol. The molecule has 0 aliphatic heterocycles. The van der Waals surface area contributed by atoms with Gasteiger partial charge in [0, 0.05) is 12.6 Å². The van der Waals surface area contributed by atoms with Crippen molar-refractivity contribution < 1.29 is 0 Å². The SMILES string of the molecule is CCN(c1cnc(C#N)cn1)C1CCCCC1CN. The Hall–Kier alpha value is -1.67. The van der Waals surface area contributed by atoms with Crippen molar-refractivity contribution in [2.45, 2.75) is 38.6 Å². The second kappa shape index (κ2) is 6.48. The minimum Gasteiger partial charge on any atom is -0.352 e. The zero-order valence-corrected chi connectivity index (χ0v) is 11.4. The molecule has 2 atom stereocenters. The summed E-state index contributed by atoms with van der Waals surface area (Å²) in [7, 11) is 0. The van der Waals surface area contributed by atoms with Crippen molar-refractivity contribution in [2.24, 2.45) is 11.7 Å². The Kier molecular flexibility index (Phi) is 4.69. The molecule has 2 N–H and O–H groups in total. The third-order valence-corrected chi connectivity index (χ3v) is 3.96. The molecule has 0 bridgehead atoms. The Morgan fingerprint density at radius 2 is 2.16 bits per heavy atom. The number of anilines is 1. The van der Waals surface area contributed by atoms with E-state index in [0.29, 0.717) is 17.7 Å². The molecule has 2 rings (SSSR count). The summed E-state index contributed by atoms with van der Waals surface area (Å²) >= 11 is 0. The molecule has 1 aliphatic carbocycles. The quantitative estimate of drug-likeness (QED) is 0.890. The molecule has 5 nitrogen and oxygen atoms in total. The van der Waals surface area contributed by atoms with Crippen molar-refractivity contribution in [2.75, 3.05) is 18.0 Å². The molecule has 2 unspecified atom stereocenters. The molecule has 0 radical (unpaired) electrons. The van der Waals surface area contributed by atoms with E-state index >= 15 is 0 Å². The highest BCUT2D eigenvalue weighted by molar-refractivity contribution is 5.39. The first-order valence-electron chi connectivity index (χ1n) is 6.99. The van der Waals surface area contributed by atoms with Crippen molar-refractivity contribution in [3.8, 4) is 6.07 Å². The maximum Gasteiger partial charge on any atom is 0.158 e. The van der Waals surface area contributed by atoms with Gasteiger partial charge in [0.15, 0.2) is 5.69 Å². The van der Waals surface area contributed by atoms with Crippen LogP contribution in [0.15, 0.2) is 12.4 Å². The molecule has 0 aromatic carbocycles. The van der Waals surface area contributed by atoms with Gasteiger partial charge in [-0.1, -0.05) is 12.8 Å². The van der Waals surface area contributed by atoms with E-state index < -0.39 is 0 Å². The normalized spacial score (nSPS) is 22.8. The molecule has 1 aromatic heterocycles. The number of hydrogen-bond donors (Lipinski definition) is 1. The first kappa shape index (κ1) is 13.8. The second-order valence-corrected chi connectivity index (χ2v) is 5.01. The van der Waals surface area contributed by atoms with Gasteiger partial charge in [-0.05, 0) is 32.2 Å². The van der Waals surface area contributed by atoms with Gasteiger partial charge < -0.3 is 10.6 Å². The lowest BCUT2D eigenvalue weighted by molar-refractivity contribution is 0.299. The highest BCUT2D eigenvalue weighted by atomic mass is 15.2. The summed E-state index contributed by atoms with van der Waals surface area (Å²) in [5.74, 6) is 1.39. The van der Waals surface area contributed by atoms with Crippen LogP contribution in [0.3, 0.4) is 0 Å². The lowest BCUT2D eigenvalue weighted by Gasteiger charge is -2.39. The molecule has 19 heavy (non-hydrogen) atoms. The summed E-state index contributed by atoms with van der Waals surface area (Å²) in [6.07, 6.45) is 8.12. The first-order chi connectivity index (χ1) is 9.30. The van der Waals surface area contributed by atoms with Crippen LogP contribution in [0.2, 0.25) is 0 Å². The zero-order valence-electron chi connectivity index (χ0n) is 11.4. The van der Waals surface area contributed by atoms with Crippen molar-refractivity contribution in [1.29, 1.82) is 5.26 Å². The van der Waals surface area contributed by atoms with Crippen molar-refractivity contribution in [1.82, 2.24) is 9.97 Å². The molecule has 1 fully saturated rings. The lowest BCUT2D eigenvalue weighted by atomic mass is 9.83. The third kappa shape index (κ3) is 3.02. The van der Waals surface area contributed by atoms with E-state index in [2.05, 4.69) is 21.8 Å². The predicted molar refractivity (Wildman–Crippen MR) is 74.6 cm³/mol. The van der Waals surface area contributed by atoms with E-state index in [-0.39, 0.29) is 0 Å². The van der Waals surface area contributed by atoms with Crippen molar-refractivity contribution in [3.05, 3.63) is 18.1 Å². The average molecular weight is 259 g/mol. The maximum absolute atomic E-state index is 8.77. The molecule has 1 aromatic rings. The first-order valence-corrected chi connectivity index (χ1v) is 6.99. The summed E-state index contributed by atoms with van der Waals surface area (Å²) in [5.41, 5.74) is 6.26. The number of nitriles is 1. The Morgan fingerprint density at radius 1 is 1.37 bits per heavy atom. The molecular weight excluding hydrogens is 238 g/mol. The molecule has 0 spiro atoms. The summed E-state index contributed by atoms with van der Waals surface area (Å²) < 4.78 is 0. The maximum atomic E-state index is 8.77. The van der Waals surface area contributed by atoms with Crippen LogP contribution in [0, 0.1) is 17.2 Å². The number of aromatic nitrogens is 2. The Morgan fingerprint density at radius 3 is 2.74 bits per heavy atom. The van der Waals surface area contributed by atoms with E-state index in [1.165, 1.54) is 25.5 Å². The molecule has 0 amide bonds. The van der Waals surface area contributed by atoms with E-state index in [1.54, 1.807) is 6.20 Å². The summed E-state index contributed by atoms with van der Waals surface area (Å²) in [5, 5.41) is 8.77. The Labute approximate surface area is 114 Å². The minimum absolute atomic E-state index is 0.360. The van der Waals surface area contributed by atoms with Gasteiger partial charge >= 0.3 is 0 Å². The van der Waals surface area contributed by atoms with Crippen LogP contribution in [0.5, 0.6) is 0 Å². The van der Waals surface area contributed by atoms with Gasteiger partial charge in [0.05, 0.1) is 12.4 Å². The molecule has 1 saturated carbocycles. The van der Waals surface area contributed by atoms with E-state index in [9.17, 15) is 0 Å². The molecule has 1 heterocycles. The van der Waals surface area contributed by atoms with Crippen LogP contribution in [-0.4, -0.2) is 29.1 Å². The molecular formula is C14H21N5. The fourth-order valence-corrected chi connectivity index (χ4v) is 2.97. The molecule has 0 saturated heterocycles. The van der Waals surface area contributed by atoms with Crippen LogP contribution in [0.4, 0.5) is 5.82 Å². The van der Waals surface area contributed by atoms with Gasteiger partial charge in [-0.2, -0.15) is 5.26 Å². The summed E-state index contributed by atoms with van der Waals surface area (Å²) in [4.78, 5) is 10.8.